The minimum Gasteiger partial charge on any atom is -0.370 e. The van der Waals surface area contributed by atoms with Gasteiger partial charge in [0.15, 0.2) is 5.96 Å². The Morgan fingerprint density at radius 1 is 1.21 bits per heavy atom. The van der Waals surface area contributed by atoms with E-state index in [2.05, 4.69) is 20.1 Å². The highest BCUT2D eigenvalue weighted by atomic mass is 127. The van der Waals surface area contributed by atoms with Crippen LogP contribution in [0, 0.1) is 5.92 Å². The van der Waals surface area contributed by atoms with Gasteiger partial charge in [-0.05, 0) is 49.6 Å². The van der Waals surface area contributed by atoms with E-state index in [1.54, 1.807) is 6.07 Å². The van der Waals surface area contributed by atoms with E-state index in [4.69, 9.17) is 5.73 Å². The molecule has 28 heavy (non-hydrogen) atoms. The maximum absolute atomic E-state index is 13.2. The van der Waals surface area contributed by atoms with Crippen LogP contribution >= 0.6 is 24.0 Å². The predicted molar refractivity (Wildman–Crippen MR) is 117 cm³/mol. The van der Waals surface area contributed by atoms with Gasteiger partial charge in [0.1, 0.15) is 0 Å². The Bertz CT molecular complexity index is 668. The molecule has 1 aliphatic carbocycles. The van der Waals surface area contributed by atoms with Gasteiger partial charge >= 0.3 is 6.18 Å². The number of guanidine groups is 1. The second kappa shape index (κ2) is 10.00. The number of hydrogen-bond donors (Lipinski definition) is 2. The number of nitrogens with zero attached hydrogens (tertiary/aromatic N) is 3. The largest absolute Gasteiger partial charge is 0.416 e. The lowest BCUT2D eigenvalue weighted by Gasteiger charge is -2.35. The summed E-state index contributed by atoms with van der Waals surface area (Å²) in [7, 11) is 2.05. The van der Waals surface area contributed by atoms with Crippen LogP contribution in [0.5, 0.6) is 0 Å². The number of nitrogens with one attached hydrogen (secondary N) is 1. The number of likely N-dealkylation sites (N-methyl/N-ethyl adjacent to an activating group) is 1. The Balaban J connectivity index is 0.00000280. The Morgan fingerprint density at radius 2 is 1.89 bits per heavy atom. The Morgan fingerprint density at radius 3 is 2.46 bits per heavy atom. The first-order chi connectivity index (χ1) is 12.8. The van der Waals surface area contributed by atoms with Gasteiger partial charge in [0, 0.05) is 38.4 Å². The third-order valence-electron chi connectivity index (χ3n) is 5.47. The number of piperazine rings is 1. The van der Waals surface area contributed by atoms with Crippen molar-refractivity contribution in [3.05, 3.63) is 29.3 Å². The molecule has 0 amide bonds. The predicted octanol–water partition coefficient (Wildman–Crippen LogP) is 3.28. The van der Waals surface area contributed by atoms with Crippen molar-refractivity contribution < 1.29 is 13.2 Å². The standard InChI is InChI=1S/C19H28F3N5.HI/c1-26-7-9-27(10-8-26)17-6-5-16(19(20,21)22)11-15(17)13-25-18(23)24-12-14-3-2-4-14;/h5-6,11,14H,2-4,7-10,12-13H2,1H3,(H3,23,24,25);1H. The summed E-state index contributed by atoms with van der Waals surface area (Å²) in [6.07, 6.45) is -0.724. The lowest BCUT2D eigenvalue weighted by molar-refractivity contribution is -0.137. The average molecular weight is 511 g/mol. The van der Waals surface area contributed by atoms with E-state index in [0.29, 0.717) is 17.4 Å². The van der Waals surface area contributed by atoms with Gasteiger partial charge in [-0.2, -0.15) is 13.2 Å². The van der Waals surface area contributed by atoms with Crippen molar-refractivity contribution >= 4 is 35.6 Å². The maximum Gasteiger partial charge on any atom is 0.416 e. The molecule has 2 aliphatic rings. The molecule has 1 saturated heterocycles. The van der Waals surface area contributed by atoms with Crippen molar-refractivity contribution in [2.45, 2.75) is 32.0 Å². The molecule has 1 saturated carbocycles. The van der Waals surface area contributed by atoms with Crippen LogP contribution in [0.2, 0.25) is 0 Å². The molecule has 5 nitrogen and oxygen atoms in total. The second-order valence-electron chi connectivity index (χ2n) is 7.51. The number of hydrogen-bond acceptors (Lipinski definition) is 3. The van der Waals surface area contributed by atoms with E-state index >= 15 is 0 Å². The van der Waals surface area contributed by atoms with Gasteiger partial charge in [0.2, 0.25) is 0 Å². The van der Waals surface area contributed by atoms with Crippen LogP contribution in [-0.2, 0) is 12.7 Å². The molecule has 1 heterocycles. The monoisotopic (exact) mass is 511 g/mol. The van der Waals surface area contributed by atoms with E-state index in [1.807, 2.05) is 7.05 Å². The first-order valence-corrected chi connectivity index (χ1v) is 9.50. The lowest BCUT2D eigenvalue weighted by atomic mass is 9.85. The molecule has 3 rings (SSSR count). The molecule has 0 atom stereocenters. The van der Waals surface area contributed by atoms with Crippen molar-refractivity contribution in [1.29, 1.82) is 0 Å². The fraction of sp³-hybridized carbons (Fsp3) is 0.632. The molecule has 1 aromatic rings. The molecule has 0 unspecified atom stereocenters. The number of nitrogens with two attached hydrogens (primary N) is 1. The van der Waals surface area contributed by atoms with Crippen molar-refractivity contribution in [1.82, 2.24) is 10.2 Å². The molecule has 0 spiro atoms. The van der Waals surface area contributed by atoms with Gasteiger partial charge in [0.25, 0.3) is 0 Å². The highest BCUT2D eigenvalue weighted by molar-refractivity contribution is 14.0. The Hall–Kier alpha value is -1.23. The molecular formula is C19H29F3IN5. The summed E-state index contributed by atoms with van der Waals surface area (Å²) < 4.78 is 39.5. The van der Waals surface area contributed by atoms with Gasteiger partial charge in [-0.1, -0.05) is 6.42 Å². The molecule has 9 heteroatoms. The minimum absolute atomic E-state index is 0. The van der Waals surface area contributed by atoms with Crippen LogP contribution in [0.1, 0.15) is 30.4 Å². The summed E-state index contributed by atoms with van der Waals surface area (Å²) in [5, 5.41) is 3.09. The summed E-state index contributed by atoms with van der Waals surface area (Å²) in [5.74, 6) is 0.928. The van der Waals surface area contributed by atoms with Crippen molar-refractivity contribution in [2.24, 2.45) is 16.6 Å². The van der Waals surface area contributed by atoms with Crippen LogP contribution < -0.4 is 16.0 Å². The van der Waals surface area contributed by atoms with Crippen molar-refractivity contribution in [3.8, 4) is 0 Å². The fourth-order valence-corrected chi connectivity index (χ4v) is 3.42. The quantitative estimate of drug-likeness (QED) is 0.362. The first kappa shape index (κ1) is 23.1. The second-order valence-corrected chi connectivity index (χ2v) is 7.51. The number of benzene rings is 1. The zero-order valence-electron chi connectivity index (χ0n) is 16.1. The highest BCUT2D eigenvalue weighted by Gasteiger charge is 2.31. The van der Waals surface area contributed by atoms with Gasteiger partial charge in [-0.15, -0.1) is 24.0 Å². The topological polar surface area (TPSA) is 56.9 Å². The molecule has 3 N–H and O–H groups in total. The van der Waals surface area contributed by atoms with E-state index < -0.39 is 11.7 Å². The highest BCUT2D eigenvalue weighted by Crippen LogP contribution is 2.33. The summed E-state index contributed by atoms with van der Waals surface area (Å²) in [4.78, 5) is 8.63. The zero-order valence-corrected chi connectivity index (χ0v) is 18.5. The first-order valence-electron chi connectivity index (χ1n) is 9.50. The lowest BCUT2D eigenvalue weighted by Crippen LogP contribution is -2.44. The van der Waals surface area contributed by atoms with Crippen molar-refractivity contribution in [2.75, 3.05) is 44.7 Å². The van der Waals surface area contributed by atoms with Gasteiger partial charge in [-0.25, -0.2) is 4.99 Å². The maximum atomic E-state index is 13.2. The summed E-state index contributed by atoms with van der Waals surface area (Å²) >= 11 is 0. The molecule has 0 aromatic heterocycles. The minimum atomic E-state index is -4.37. The number of halogens is 4. The number of aliphatic imine (C=N–C) groups is 1. The third-order valence-corrected chi connectivity index (χ3v) is 5.47. The molecular weight excluding hydrogens is 482 g/mol. The van der Waals surface area contributed by atoms with Crippen molar-refractivity contribution in [3.63, 3.8) is 0 Å². The Kier molecular flexibility index (Phi) is 8.23. The van der Waals surface area contributed by atoms with Crippen LogP contribution in [-0.4, -0.2) is 50.6 Å². The third kappa shape index (κ3) is 6.13. The average Bonchev–Trinajstić information content (AvgIpc) is 2.58. The molecule has 158 valence electrons. The summed E-state index contributed by atoms with van der Waals surface area (Å²) in [6, 6.07) is 3.92. The van der Waals surface area contributed by atoms with Crippen LogP contribution in [0.15, 0.2) is 23.2 Å². The molecule has 1 aliphatic heterocycles. The Labute approximate surface area is 181 Å². The van der Waals surface area contributed by atoms with E-state index in [0.717, 1.165) is 44.5 Å². The molecule has 2 fully saturated rings. The zero-order chi connectivity index (χ0) is 19.4. The SMILES string of the molecule is CN1CCN(c2ccc(C(F)(F)F)cc2CN=C(N)NCC2CCC2)CC1.I. The molecule has 0 bridgehead atoms. The smallest absolute Gasteiger partial charge is 0.370 e. The van der Waals surface area contributed by atoms with E-state index in [-0.39, 0.29) is 30.5 Å². The number of rotatable bonds is 5. The van der Waals surface area contributed by atoms with Gasteiger partial charge in [0.05, 0.1) is 12.1 Å². The van der Waals surface area contributed by atoms with Gasteiger partial charge < -0.3 is 20.9 Å². The van der Waals surface area contributed by atoms with Crippen LogP contribution in [0.4, 0.5) is 18.9 Å². The summed E-state index contributed by atoms with van der Waals surface area (Å²) in [5.41, 5.74) is 6.64. The molecule has 1 aromatic carbocycles. The van der Waals surface area contributed by atoms with Gasteiger partial charge in [-0.3, -0.25) is 0 Å². The number of alkyl halides is 3. The van der Waals surface area contributed by atoms with E-state index in [9.17, 15) is 13.2 Å². The molecule has 0 radical (unpaired) electrons. The summed E-state index contributed by atoms with van der Waals surface area (Å²) in [6.45, 7) is 4.25. The van der Waals surface area contributed by atoms with E-state index in [1.165, 1.54) is 25.3 Å². The number of anilines is 1. The van der Waals surface area contributed by atoms with Crippen LogP contribution in [0.3, 0.4) is 0 Å². The van der Waals surface area contributed by atoms with Crippen LogP contribution in [0.25, 0.3) is 0 Å². The normalized spacial score (nSPS) is 19.1. The fourth-order valence-electron chi connectivity index (χ4n) is 3.42.